The predicted octanol–water partition coefficient (Wildman–Crippen LogP) is 3.61. The molecule has 100 valence electrons. The van der Waals surface area contributed by atoms with Gasteiger partial charge in [-0.05, 0) is 49.7 Å². The predicted molar refractivity (Wildman–Crippen MR) is 80.0 cm³/mol. The van der Waals surface area contributed by atoms with Crippen LogP contribution in [0.25, 0.3) is 0 Å². The average Bonchev–Trinajstić information content (AvgIpc) is 2.88. The molecule has 1 aliphatic rings. The van der Waals surface area contributed by atoms with Crippen molar-refractivity contribution >= 4 is 28.9 Å². The quantitative estimate of drug-likeness (QED) is 0.763. The van der Waals surface area contributed by atoms with Gasteiger partial charge in [-0.25, -0.2) is 0 Å². The van der Waals surface area contributed by atoms with Gasteiger partial charge in [0, 0.05) is 36.7 Å². The number of alkyl halides is 1. The molecule has 18 heavy (non-hydrogen) atoms. The number of benzene rings is 1. The van der Waals surface area contributed by atoms with E-state index in [1.807, 2.05) is 12.1 Å². The summed E-state index contributed by atoms with van der Waals surface area (Å²) in [5.74, 6) is 0.504. The molecule has 1 aromatic carbocycles. The maximum atomic E-state index is 6.00. The van der Waals surface area contributed by atoms with Crippen molar-refractivity contribution in [2.45, 2.75) is 18.7 Å². The van der Waals surface area contributed by atoms with Crippen molar-refractivity contribution < 1.29 is 0 Å². The van der Waals surface area contributed by atoms with Gasteiger partial charge in [0.15, 0.2) is 0 Å². The maximum Gasteiger partial charge on any atom is 0.0495 e. The van der Waals surface area contributed by atoms with Gasteiger partial charge in [-0.15, -0.1) is 11.6 Å². The molecule has 1 aliphatic heterocycles. The summed E-state index contributed by atoms with van der Waals surface area (Å²) in [6.45, 7) is 4.65. The van der Waals surface area contributed by atoms with E-state index in [9.17, 15) is 0 Å². The summed E-state index contributed by atoms with van der Waals surface area (Å²) in [5.41, 5.74) is 2.29. The number of nitrogens with zero attached hydrogens (tertiary/aromatic N) is 2. The Morgan fingerprint density at radius 3 is 2.67 bits per heavy atom. The summed E-state index contributed by atoms with van der Waals surface area (Å²) >= 11 is 12.0. The molecular formula is C14H20Cl2N2. The number of likely N-dealkylation sites (N-methyl/N-ethyl adjacent to an activating group) is 1. The minimum Gasteiger partial charge on any atom is -0.373 e. The van der Waals surface area contributed by atoms with Gasteiger partial charge in [0.1, 0.15) is 0 Å². The topological polar surface area (TPSA) is 6.48 Å². The van der Waals surface area contributed by atoms with Crippen molar-refractivity contribution in [2.75, 3.05) is 38.1 Å². The molecule has 0 spiro atoms. The summed E-state index contributed by atoms with van der Waals surface area (Å²) in [6, 6.07) is 5.94. The highest BCUT2D eigenvalue weighted by atomic mass is 35.5. The van der Waals surface area contributed by atoms with Crippen LogP contribution < -0.4 is 4.90 Å². The Kier molecular flexibility index (Phi) is 5.16. The van der Waals surface area contributed by atoms with Crippen LogP contribution in [0.15, 0.2) is 18.2 Å². The zero-order valence-corrected chi connectivity index (χ0v) is 12.3. The third-order valence-electron chi connectivity index (χ3n) is 3.55. The number of hydrogen-bond donors (Lipinski definition) is 0. The fraction of sp³-hybridized carbons (Fsp3) is 0.571. The Hall–Kier alpha value is -0.440. The van der Waals surface area contributed by atoms with E-state index in [1.165, 1.54) is 31.6 Å². The molecule has 1 aromatic rings. The third kappa shape index (κ3) is 3.53. The molecule has 0 aliphatic carbocycles. The summed E-state index contributed by atoms with van der Waals surface area (Å²) in [5, 5.41) is 0.752. The number of likely N-dealkylation sites (tertiary alicyclic amines) is 1. The fourth-order valence-electron chi connectivity index (χ4n) is 2.45. The molecule has 1 fully saturated rings. The second-order valence-corrected chi connectivity index (χ2v) is 5.58. The monoisotopic (exact) mass is 286 g/mol. The first-order valence-electron chi connectivity index (χ1n) is 6.48. The number of rotatable bonds is 5. The minimum absolute atomic E-state index is 0.504. The Morgan fingerprint density at radius 2 is 2.00 bits per heavy atom. The molecule has 4 heteroatoms. The van der Waals surface area contributed by atoms with Gasteiger partial charge in [-0.3, -0.25) is 0 Å². The second kappa shape index (κ2) is 6.65. The van der Waals surface area contributed by atoms with Crippen LogP contribution in [-0.4, -0.2) is 38.1 Å². The van der Waals surface area contributed by atoms with Crippen molar-refractivity contribution in [3.8, 4) is 0 Å². The Morgan fingerprint density at radius 1 is 1.28 bits per heavy atom. The molecule has 1 heterocycles. The molecule has 1 saturated heterocycles. The highest BCUT2D eigenvalue weighted by Gasteiger charge is 2.13. The van der Waals surface area contributed by atoms with Crippen molar-refractivity contribution in [3.05, 3.63) is 28.8 Å². The van der Waals surface area contributed by atoms with Gasteiger partial charge in [0.25, 0.3) is 0 Å². The van der Waals surface area contributed by atoms with Crippen LogP contribution in [0.1, 0.15) is 18.4 Å². The molecule has 0 saturated carbocycles. The summed E-state index contributed by atoms with van der Waals surface area (Å²) < 4.78 is 0. The van der Waals surface area contributed by atoms with Crippen LogP contribution in [-0.2, 0) is 5.88 Å². The Bertz CT molecular complexity index is 389. The lowest BCUT2D eigenvalue weighted by atomic mass is 10.2. The molecule has 0 amide bonds. The van der Waals surface area contributed by atoms with Crippen LogP contribution >= 0.6 is 23.2 Å². The highest BCUT2D eigenvalue weighted by Crippen LogP contribution is 2.25. The molecular weight excluding hydrogens is 267 g/mol. The van der Waals surface area contributed by atoms with Crippen LogP contribution in [0.4, 0.5) is 5.69 Å². The van der Waals surface area contributed by atoms with Crippen LogP contribution in [0.3, 0.4) is 0 Å². The largest absolute Gasteiger partial charge is 0.373 e. The molecule has 0 N–H and O–H groups in total. The molecule has 0 bridgehead atoms. The summed E-state index contributed by atoms with van der Waals surface area (Å²) in [6.07, 6.45) is 2.69. The average molecular weight is 287 g/mol. The van der Waals surface area contributed by atoms with E-state index in [2.05, 4.69) is 22.9 Å². The minimum atomic E-state index is 0.504. The molecule has 0 aromatic heterocycles. The molecule has 0 atom stereocenters. The molecule has 0 unspecified atom stereocenters. The molecule has 0 radical (unpaired) electrons. The first kappa shape index (κ1) is 14.0. The normalized spacial score (nSPS) is 16.2. The summed E-state index contributed by atoms with van der Waals surface area (Å²) in [7, 11) is 2.12. The lowest BCUT2D eigenvalue weighted by molar-refractivity contribution is 0.346. The Balaban J connectivity index is 1.96. The highest BCUT2D eigenvalue weighted by molar-refractivity contribution is 6.30. The zero-order valence-electron chi connectivity index (χ0n) is 10.8. The first-order valence-corrected chi connectivity index (χ1v) is 7.40. The van der Waals surface area contributed by atoms with E-state index in [0.717, 1.165) is 23.7 Å². The van der Waals surface area contributed by atoms with Gasteiger partial charge in [0.05, 0.1) is 0 Å². The van der Waals surface area contributed by atoms with Crippen molar-refractivity contribution in [2.24, 2.45) is 0 Å². The first-order chi connectivity index (χ1) is 8.70. The van der Waals surface area contributed by atoms with E-state index in [1.54, 1.807) is 0 Å². The maximum absolute atomic E-state index is 6.00. The van der Waals surface area contributed by atoms with Crippen LogP contribution in [0.5, 0.6) is 0 Å². The van der Waals surface area contributed by atoms with E-state index in [4.69, 9.17) is 23.2 Å². The van der Waals surface area contributed by atoms with Crippen LogP contribution in [0.2, 0.25) is 5.02 Å². The standard InChI is InChI=1S/C14H20Cl2N2/c1-17(8-9-18-6-2-3-7-18)14-5-4-13(16)10-12(14)11-15/h4-5,10H,2-3,6-9,11H2,1H3. The van der Waals surface area contributed by atoms with E-state index in [-0.39, 0.29) is 0 Å². The van der Waals surface area contributed by atoms with Crippen molar-refractivity contribution in [1.82, 2.24) is 4.90 Å². The number of halogens is 2. The van der Waals surface area contributed by atoms with Crippen molar-refractivity contribution in [1.29, 1.82) is 0 Å². The smallest absolute Gasteiger partial charge is 0.0495 e. The second-order valence-electron chi connectivity index (χ2n) is 4.88. The number of hydrogen-bond acceptors (Lipinski definition) is 2. The van der Waals surface area contributed by atoms with Crippen LogP contribution in [0, 0.1) is 0 Å². The molecule has 2 nitrogen and oxygen atoms in total. The van der Waals surface area contributed by atoms with Gasteiger partial charge >= 0.3 is 0 Å². The summed E-state index contributed by atoms with van der Waals surface area (Å²) in [4.78, 5) is 4.79. The third-order valence-corrected chi connectivity index (χ3v) is 4.07. The van der Waals surface area contributed by atoms with E-state index < -0.39 is 0 Å². The van der Waals surface area contributed by atoms with Crippen molar-refractivity contribution in [3.63, 3.8) is 0 Å². The molecule has 2 rings (SSSR count). The Labute approximate surface area is 119 Å². The van der Waals surface area contributed by atoms with Gasteiger partial charge < -0.3 is 9.80 Å². The SMILES string of the molecule is CN(CCN1CCCC1)c1ccc(Cl)cc1CCl. The van der Waals surface area contributed by atoms with Gasteiger partial charge in [-0.2, -0.15) is 0 Å². The van der Waals surface area contributed by atoms with Gasteiger partial charge in [-0.1, -0.05) is 11.6 Å². The van der Waals surface area contributed by atoms with E-state index in [0.29, 0.717) is 5.88 Å². The lowest BCUT2D eigenvalue weighted by Gasteiger charge is -2.25. The zero-order chi connectivity index (χ0) is 13.0. The van der Waals surface area contributed by atoms with E-state index >= 15 is 0 Å². The van der Waals surface area contributed by atoms with Gasteiger partial charge in [0.2, 0.25) is 0 Å². The lowest BCUT2D eigenvalue weighted by Crippen LogP contribution is -2.31. The number of anilines is 1. The fourth-order valence-corrected chi connectivity index (χ4v) is 2.86.